The maximum Gasteiger partial charge on any atom is 0.330 e. The molecular formula is C19H20N4O3. The summed E-state index contributed by atoms with van der Waals surface area (Å²) >= 11 is 0. The fourth-order valence-corrected chi connectivity index (χ4v) is 3.58. The van der Waals surface area contributed by atoms with Gasteiger partial charge in [-0.2, -0.15) is 0 Å². The summed E-state index contributed by atoms with van der Waals surface area (Å²) in [5.74, 6) is 0. The molecule has 7 nitrogen and oxygen atoms in total. The number of nitrogens with two attached hydrogens (primary N) is 1. The summed E-state index contributed by atoms with van der Waals surface area (Å²) in [7, 11) is 0. The highest BCUT2D eigenvalue weighted by Gasteiger charge is 2.22. The van der Waals surface area contributed by atoms with E-state index in [2.05, 4.69) is 9.97 Å². The number of anilines is 1. The smallest absolute Gasteiger partial charge is 0.330 e. The van der Waals surface area contributed by atoms with E-state index in [9.17, 15) is 9.59 Å². The number of nitrogens with one attached hydrogen (secondary N) is 1. The molecule has 3 heterocycles. The standard InChI is InChI=1S/C19H20N4O3/c1-11-14(12-6-3-2-4-7-12)16(20)15-17(21-11)23(19(25)22-18(15)24)10-13-8-5-9-26-13/h2-4,6-7,13H,5,8-10H2,1H3,(H2,20,21)(H,22,24,25)/t13-/m0/s1. The van der Waals surface area contributed by atoms with Crippen LogP contribution in [0.3, 0.4) is 0 Å². The van der Waals surface area contributed by atoms with E-state index in [0.717, 1.165) is 18.4 Å². The van der Waals surface area contributed by atoms with E-state index in [1.54, 1.807) is 0 Å². The number of ether oxygens (including phenoxy) is 1. The lowest BCUT2D eigenvalue weighted by molar-refractivity contribution is 0.0967. The fraction of sp³-hybridized carbons (Fsp3) is 0.316. The number of fused-ring (bicyclic) bond motifs is 1. The number of rotatable bonds is 3. The van der Waals surface area contributed by atoms with E-state index in [1.165, 1.54) is 4.57 Å². The highest BCUT2D eigenvalue weighted by molar-refractivity contribution is 5.97. The van der Waals surface area contributed by atoms with Crippen LogP contribution in [0.2, 0.25) is 0 Å². The van der Waals surface area contributed by atoms with Crippen LogP contribution in [-0.4, -0.2) is 27.2 Å². The van der Waals surface area contributed by atoms with E-state index in [-0.39, 0.29) is 11.5 Å². The van der Waals surface area contributed by atoms with Crippen LogP contribution in [-0.2, 0) is 11.3 Å². The van der Waals surface area contributed by atoms with Gasteiger partial charge in [0.05, 0.1) is 18.3 Å². The third-order valence-electron chi connectivity index (χ3n) is 4.82. The lowest BCUT2D eigenvalue weighted by Gasteiger charge is -2.17. The van der Waals surface area contributed by atoms with Gasteiger partial charge in [-0.15, -0.1) is 0 Å². The van der Waals surface area contributed by atoms with Gasteiger partial charge in [0.15, 0.2) is 5.65 Å². The second-order valence-electron chi connectivity index (χ2n) is 6.56. The number of hydrogen-bond donors (Lipinski definition) is 2. The highest BCUT2D eigenvalue weighted by atomic mass is 16.5. The van der Waals surface area contributed by atoms with E-state index >= 15 is 0 Å². The normalized spacial score (nSPS) is 17.0. The molecule has 1 saturated heterocycles. The van der Waals surface area contributed by atoms with Crippen LogP contribution >= 0.6 is 0 Å². The molecule has 1 atom stereocenters. The summed E-state index contributed by atoms with van der Waals surface area (Å²) in [6.07, 6.45) is 1.79. The van der Waals surface area contributed by atoms with Crippen molar-refractivity contribution in [3.8, 4) is 11.1 Å². The molecule has 7 heteroatoms. The minimum atomic E-state index is -0.518. The number of H-pyrrole nitrogens is 1. The molecule has 1 aliphatic heterocycles. The number of aryl methyl sites for hydroxylation is 1. The van der Waals surface area contributed by atoms with Gasteiger partial charge in [0.25, 0.3) is 5.56 Å². The Balaban J connectivity index is 1.98. The summed E-state index contributed by atoms with van der Waals surface area (Å²) in [4.78, 5) is 31.8. The first-order valence-electron chi connectivity index (χ1n) is 8.66. The molecule has 3 aromatic rings. The molecule has 1 aromatic carbocycles. The molecule has 2 aromatic heterocycles. The Morgan fingerprint density at radius 2 is 2.08 bits per heavy atom. The first-order valence-corrected chi connectivity index (χ1v) is 8.66. The molecule has 4 rings (SSSR count). The number of aromatic amines is 1. The van der Waals surface area contributed by atoms with Gasteiger partial charge < -0.3 is 10.5 Å². The minimum Gasteiger partial charge on any atom is -0.397 e. The van der Waals surface area contributed by atoms with Gasteiger partial charge in [-0.25, -0.2) is 9.78 Å². The Morgan fingerprint density at radius 3 is 2.77 bits per heavy atom. The minimum absolute atomic E-state index is 0.0565. The predicted octanol–water partition coefficient (Wildman–Crippen LogP) is 1.82. The maximum atomic E-state index is 12.5. The summed E-state index contributed by atoms with van der Waals surface area (Å²) in [5, 5.41) is 0.243. The first kappa shape index (κ1) is 16.5. The molecule has 1 fully saturated rings. The van der Waals surface area contributed by atoms with Crippen molar-refractivity contribution in [3.63, 3.8) is 0 Å². The Kier molecular flexibility index (Phi) is 4.08. The number of benzene rings is 1. The van der Waals surface area contributed by atoms with Gasteiger partial charge >= 0.3 is 5.69 Å². The van der Waals surface area contributed by atoms with E-state index in [0.29, 0.717) is 35.7 Å². The highest BCUT2D eigenvalue weighted by Crippen LogP contribution is 2.32. The zero-order valence-electron chi connectivity index (χ0n) is 14.5. The largest absolute Gasteiger partial charge is 0.397 e. The molecule has 1 aliphatic rings. The van der Waals surface area contributed by atoms with Crippen LogP contribution in [0.25, 0.3) is 22.2 Å². The molecule has 0 aliphatic carbocycles. The lowest BCUT2D eigenvalue weighted by atomic mass is 10.0. The van der Waals surface area contributed by atoms with E-state index in [4.69, 9.17) is 10.5 Å². The zero-order valence-corrected chi connectivity index (χ0v) is 14.5. The van der Waals surface area contributed by atoms with Crippen LogP contribution in [0.1, 0.15) is 18.5 Å². The molecule has 0 unspecified atom stereocenters. The van der Waals surface area contributed by atoms with Crippen LogP contribution < -0.4 is 17.0 Å². The van der Waals surface area contributed by atoms with Gasteiger partial charge in [-0.3, -0.25) is 14.3 Å². The number of nitrogen functional groups attached to an aromatic ring is 1. The van der Waals surface area contributed by atoms with Crippen LogP contribution in [0.5, 0.6) is 0 Å². The number of pyridine rings is 1. The van der Waals surface area contributed by atoms with Crippen LogP contribution in [0, 0.1) is 6.92 Å². The molecule has 134 valence electrons. The van der Waals surface area contributed by atoms with Crippen molar-refractivity contribution in [2.24, 2.45) is 0 Å². The molecular weight excluding hydrogens is 332 g/mol. The summed E-state index contributed by atoms with van der Waals surface area (Å²) in [6.45, 7) is 2.87. The summed E-state index contributed by atoms with van der Waals surface area (Å²) in [6, 6.07) is 9.56. The van der Waals surface area contributed by atoms with Crippen molar-refractivity contribution < 1.29 is 4.74 Å². The quantitative estimate of drug-likeness (QED) is 0.748. The Morgan fingerprint density at radius 1 is 1.31 bits per heavy atom. The van der Waals surface area contributed by atoms with E-state index < -0.39 is 11.2 Å². The summed E-state index contributed by atoms with van der Waals surface area (Å²) in [5.41, 5.74) is 8.28. The van der Waals surface area contributed by atoms with Crippen molar-refractivity contribution in [2.75, 3.05) is 12.3 Å². The molecule has 0 spiro atoms. The van der Waals surface area contributed by atoms with Crippen LogP contribution in [0.15, 0.2) is 39.9 Å². The van der Waals surface area contributed by atoms with Crippen molar-refractivity contribution in [3.05, 3.63) is 56.9 Å². The first-order chi connectivity index (χ1) is 12.6. The van der Waals surface area contributed by atoms with Crippen molar-refractivity contribution in [1.29, 1.82) is 0 Å². The third kappa shape index (κ3) is 2.70. The predicted molar refractivity (Wildman–Crippen MR) is 100 cm³/mol. The molecule has 0 radical (unpaired) electrons. The third-order valence-corrected chi connectivity index (χ3v) is 4.82. The van der Waals surface area contributed by atoms with Gasteiger partial charge in [0.2, 0.25) is 0 Å². The van der Waals surface area contributed by atoms with E-state index in [1.807, 2.05) is 37.3 Å². The van der Waals surface area contributed by atoms with Crippen molar-refractivity contribution in [2.45, 2.75) is 32.4 Å². The van der Waals surface area contributed by atoms with Crippen LogP contribution in [0.4, 0.5) is 5.69 Å². The Labute approximate surface area is 149 Å². The average molecular weight is 352 g/mol. The zero-order chi connectivity index (χ0) is 18.3. The number of nitrogens with zero attached hydrogens (tertiary/aromatic N) is 2. The second-order valence-corrected chi connectivity index (χ2v) is 6.56. The summed E-state index contributed by atoms with van der Waals surface area (Å²) < 4.78 is 7.10. The van der Waals surface area contributed by atoms with Gasteiger partial charge in [0.1, 0.15) is 5.39 Å². The molecule has 0 saturated carbocycles. The Hall–Kier alpha value is -2.93. The average Bonchev–Trinajstić information content (AvgIpc) is 3.12. The second kappa shape index (κ2) is 6.42. The monoisotopic (exact) mass is 352 g/mol. The topological polar surface area (TPSA) is 103 Å². The molecule has 0 bridgehead atoms. The number of hydrogen-bond acceptors (Lipinski definition) is 5. The SMILES string of the molecule is Cc1nc2c(c(N)c1-c1ccccc1)c(=O)[nH]c(=O)n2C[C@@H]1CCCO1. The molecule has 26 heavy (non-hydrogen) atoms. The fourth-order valence-electron chi connectivity index (χ4n) is 3.58. The van der Waals surface area contributed by atoms with Crippen molar-refractivity contribution >= 4 is 16.7 Å². The van der Waals surface area contributed by atoms with Gasteiger partial charge in [-0.05, 0) is 25.3 Å². The van der Waals surface area contributed by atoms with Crippen molar-refractivity contribution in [1.82, 2.24) is 14.5 Å². The van der Waals surface area contributed by atoms with Gasteiger partial charge in [-0.1, -0.05) is 30.3 Å². The maximum absolute atomic E-state index is 12.5. The molecule has 0 amide bonds. The van der Waals surface area contributed by atoms with Gasteiger partial charge in [0, 0.05) is 17.9 Å². The molecule has 3 N–H and O–H groups in total. The Bertz CT molecular complexity index is 1080. The lowest BCUT2D eigenvalue weighted by Crippen LogP contribution is -2.34. The number of aromatic nitrogens is 3.